The molecule has 1 saturated carbocycles. The number of piperidine rings is 1. The Morgan fingerprint density at radius 1 is 1.04 bits per heavy atom. The molecule has 2 fully saturated rings. The lowest BCUT2D eigenvalue weighted by Crippen LogP contribution is -2.40. The number of nitrogens with zero attached hydrogens (tertiary/aromatic N) is 6. The highest BCUT2D eigenvalue weighted by Crippen LogP contribution is 2.46. The molecule has 4 heterocycles. The van der Waals surface area contributed by atoms with Crippen molar-refractivity contribution in [2.45, 2.75) is 52.4 Å². The zero-order valence-electron chi connectivity index (χ0n) is 16.6. The highest BCUT2D eigenvalue weighted by molar-refractivity contribution is 5.80. The van der Waals surface area contributed by atoms with Gasteiger partial charge in [-0.2, -0.15) is 5.10 Å². The molecule has 6 nitrogen and oxygen atoms in total. The number of rotatable bonds is 2. The fourth-order valence-electron chi connectivity index (χ4n) is 5.28. The minimum Gasteiger partial charge on any atom is -0.342 e. The van der Waals surface area contributed by atoms with Gasteiger partial charge in [0.1, 0.15) is 0 Å². The molecule has 27 heavy (non-hydrogen) atoms. The Labute approximate surface area is 160 Å². The third-order valence-corrected chi connectivity index (χ3v) is 6.84. The summed E-state index contributed by atoms with van der Waals surface area (Å²) in [5, 5.41) is 4.42. The van der Waals surface area contributed by atoms with E-state index in [2.05, 4.69) is 28.2 Å². The molecular formula is C21H28N6. The van der Waals surface area contributed by atoms with Crippen LogP contribution < -0.4 is 4.90 Å². The van der Waals surface area contributed by atoms with E-state index in [0.717, 1.165) is 47.2 Å². The molecule has 6 heteroatoms. The van der Waals surface area contributed by atoms with E-state index >= 15 is 0 Å². The number of aryl methyl sites for hydroxylation is 3. The quantitative estimate of drug-likeness (QED) is 0.692. The number of hydrogen-bond donors (Lipinski definition) is 0. The highest BCUT2D eigenvalue weighted by Gasteiger charge is 2.37. The summed E-state index contributed by atoms with van der Waals surface area (Å²) in [5.41, 5.74) is 5.96. The van der Waals surface area contributed by atoms with Gasteiger partial charge in [-0.1, -0.05) is 12.8 Å². The van der Waals surface area contributed by atoms with Gasteiger partial charge in [0, 0.05) is 32.5 Å². The van der Waals surface area contributed by atoms with Gasteiger partial charge >= 0.3 is 0 Å². The Balaban J connectivity index is 1.56. The lowest BCUT2D eigenvalue weighted by molar-refractivity contribution is 0.225. The Kier molecular flexibility index (Phi) is 3.78. The van der Waals surface area contributed by atoms with Gasteiger partial charge in [0.15, 0.2) is 5.65 Å². The zero-order valence-corrected chi connectivity index (χ0v) is 16.6. The monoisotopic (exact) mass is 364 g/mol. The second kappa shape index (κ2) is 6.08. The third kappa shape index (κ3) is 2.57. The lowest BCUT2D eigenvalue weighted by Gasteiger charge is -2.40. The molecule has 3 aromatic heterocycles. The largest absolute Gasteiger partial charge is 0.342 e. The smallest absolute Gasteiger partial charge is 0.211 e. The van der Waals surface area contributed by atoms with Gasteiger partial charge in [-0.15, -0.1) is 0 Å². The summed E-state index contributed by atoms with van der Waals surface area (Å²) in [5.74, 6) is 1.04. The molecule has 142 valence electrons. The maximum absolute atomic E-state index is 5.06. The van der Waals surface area contributed by atoms with E-state index in [1.807, 2.05) is 30.3 Å². The van der Waals surface area contributed by atoms with Crippen LogP contribution in [0.2, 0.25) is 0 Å². The number of imidazole rings is 1. The van der Waals surface area contributed by atoms with E-state index < -0.39 is 0 Å². The van der Waals surface area contributed by atoms with Crippen molar-refractivity contribution in [3.8, 4) is 11.3 Å². The third-order valence-electron chi connectivity index (χ3n) is 6.84. The van der Waals surface area contributed by atoms with E-state index in [4.69, 9.17) is 9.97 Å². The van der Waals surface area contributed by atoms with Gasteiger partial charge in [0.05, 0.1) is 23.1 Å². The van der Waals surface area contributed by atoms with Crippen LogP contribution >= 0.6 is 0 Å². The second-order valence-corrected chi connectivity index (χ2v) is 8.49. The van der Waals surface area contributed by atoms with Crippen molar-refractivity contribution in [3.63, 3.8) is 0 Å². The van der Waals surface area contributed by atoms with Crippen molar-refractivity contribution < 1.29 is 0 Å². The highest BCUT2D eigenvalue weighted by atomic mass is 15.3. The summed E-state index contributed by atoms with van der Waals surface area (Å²) in [4.78, 5) is 12.2. The molecule has 0 unspecified atom stereocenters. The molecule has 0 radical (unpaired) electrons. The molecule has 3 aromatic rings. The minimum atomic E-state index is 0.616. The van der Waals surface area contributed by atoms with Crippen LogP contribution in [0.5, 0.6) is 0 Å². The molecule has 1 spiro atoms. The first-order valence-corrected chi connectivity index (χ1v) is 10.2. The molecule has 5 rings (SSSR count). The van der Waals surface area contributed by atoms with E-state index in [-0.39, 0.29) is 0 Å². The predicted octanol–water partition coefficient (Wildman–Crippen LogP) is 3.91. The van der Waals surface area contributed by atoms with Crippen molar-refractivity contribution in [2.75, 3.05) is 18.0 Å². The van der Waals surface area contributed by atoms with Crippen molar-refractivity contribution in [2.24, 2.45) is 12.5 Å². The molecule has 1 aliphatic carbocycles. The number of aromatic nitrogens is 5. The fourth-order valence-corrected chi connectivity index (χ4v) is 5.28. The van der Waals surface area contributed by atoms with Crippen LogP contribution in [0.15, 0.2) is 18.6 Å². The van der Waals surface area contributed by atoms with Crippen LogP contribution in [0, 0.1) is 19.3 Å². The molecule has 0 aromatic carbocycles. The summed E-state index contributed by atoms with van der Waals surface area (Å²) in [6.45, 7) is 6.40. The Morgan fingerprint density at radius 3 is 2.44 bits per heavy atom. The molecule has 0 N–H and O–H groups in total. The van der Waals surface area contributed by atoms with Gasteiger partial charge in [-0.3, -0.25) is 9.08 Å². The maximum Gasteiger partial charge on any atom is 0.211 e. The first kappa shape index (κ1) is 16.8. The minimum absolute atomic E-state index is 0.616. The zero-order chi connectivity index (χ0) is 18.6. The first-order chi connectivity index (χ1) is 13.1. The molecule has 1 aliphatic heterocycles. The van der Waals surface area contributed by atoms with Crippen LogP contribution in [0.4, 0.5) is 5.95 Å². The van der Waals surface area contributed by atoms with E-state index in [1.54, 1.807) is 0 Å². The Hall–Kier alpha value is -2.37. The predicted molar refractivity (Wildman–Crippen MR) is 107 cm³/mol. The fraction of sp³-hybridized carbons (Fsp3) is 0.571. The van der Waals surface area contributed by atoms with Gasteiger partial charge in [0.25, 0.3) is 0 Å². The van der Waals surface area contributed by atoms with E-state index in [9.17, 15) is 0 Å². The summed E-state index contributed by atoms with van der Waals surface area (Å²) in [7, 11) is 1.99. The van der Waals surface area contributed by atoms with Crippen molar-refractivity contribution >= 4 is 11.6 Å². The number of hydrogen-bond acceptors (Lipinski definition) is 4. The van der Waals surface area contributed by atoms with Crippen LogP contribution in [-0.2, 0) is 7.05 Å². The van der Waals surface area contributed by atoms with Crippen LogP contribution in [0.3, 0.4) is 0 Å². The van der Waals surface area contributed by atoms with Gasteiger partial charge in [-0.25, -0.2) is 9.97 Å². The van der Waals surface area contributed by atoms with Gasteiger partial charge in [-0.05, 0) is 50.5 Å². The van der Waals surface area contributed by atoms with Gasteiger partial charge < -0.3 is 4.90 Å². The average Bonchev–Trinajstić information content (AvgIpc) is 3.39. The summed E-state index contributed by atoms with van der Waals surface area (Å²) in [6.07, 6.45) is 14.1. The van der Waals surface area contributed by atoms with Crippen LogP contribution in [0.1, 0.15) is 49.8 Å². The number of fused-ring (bicyclic) bond motifs is 1. The van der Waals surface area contributed by atoms with E-state index in [1.165, 1.54) is 38.5 Å². The standard InChI is InChI=1S/C21H28N6/c1-15-14-23-25(3)18(15)17-16(2)24-20(27-13-10-22-19(17)27)26-11-8-21(9-12-26)6-4-5-7-21/h10,13-14H,4-9,11-12H2,1-3H3. The van der Waals surface area contributed by atoms with Crippen molar-refractivity contribution in [1.82, 2.24) is 24.1 Å². The van der Waals surface area contributed by atoms with Crippen LogP contribution in [-0.4, -0.2) is 37.2 Å². The Morgan fingerprint density at radius 2 is 1.78 bits per heavy atom. The average molecular weight is 364 g/mol. The molecule has 0 atom stereocenters. The Bertz CT molecular complexity index is 962. The van der Waals surface area contributed by atoms with Crippen molar-refractivity contribution in [3.05, 3.63) is 29.8 Å². The molecule has 1 saturated heterocycles. The van der Waals surface area contributed by atoms with Gasteiger partial charge in [0.2, 0.25) is 5.95 Å². The molecule has 2 aliphatic rings. The number of anilines is 1. The first-order valence-electron chi connectivity index (χ1n) is 10.2. The molecule has 0 amide bonds. The second-order valence-electron chi connectivity index (χ2n) is 8.49. The SMILES string of the molecule is Cc1cnn(C)c1-c1c(C)nc(N2CCC3(CCCC3)CC2)n2ccnc12. The van der Waals surface area contributed by atoms with Crippen LogP contribution in [0.25, 0.3) is 16.9 Å². The molecule has 0 bridgehead atoms. The summed E-state index contributed by atoms with van der Waals surface area (Å²) in [6, 6.07) is 0. The topological polar surface area (TPSA) is 51.2 Å². The lowest BCUT2D eigenvalue weighted by atomic mass is 9.77. The molecular weight excluding hydrogens is 336 g/mol. The van der Waals surface area contributed by atoms with Crippen molar-refractivity contribution in [1.29, 1.82) is 0 Å². The summed E-state index contributed by atoms with van der Waals surface area (Å²) >= 11 is 0. The maximum atomic E-state index is 5.06. The summed E-state index contributed by atoms with van der Waals surface area (Å²) < 4.78 is 4.10. The normalized spacial score (nSPS) is 19.4. The van der Waals surface area contributed by atoms with E-state index in [0.29, 0.717) is 5.41 Å².